The third-order valence-electron chi connectivity index (χ3n) is 2.90. The predicted octanol–water partition coefficient (Wildman–Crippen LogP) is 2.83. The Labute approximate surface area is 89.8 Å². The molecule has 0 saturated heterocycles. The molecule has 0 radical (unpaired) electrons. The van der Waals surface area contributed by atoms with Gasteiger partial charge in [-0.05, 0) is 26.3 Å². The number of nitrogens with one attached hydrogen (secondary N) is 1. The number of thiazole rings is 1. The lowest BCUT2D eigenvalue weighted by Crippen LogP contribution is -2.11. The third-order valence-corrected chi connectivity index (χ3v) is 4.22. The zero-order valence-corrected chi connectivity index (χ0v) is 9.78. The van der Waals surface area contributed by atoms with Crippen LogP contribution in [0.5, 0.6) is 0 Å². The smallest absolute Gasteiger partial charge is 0.0962 e. The van der Waals surface area contributed by atoms with Gasteiger partial charge in [-0.2, -0.15) is 0 Å². The first-order valence-electron chi connectivity index (χ1n) is 5.48. The molecule has 2 nitrogen and oxygen atoms in total. The van der Waals surface area contributed by atoms with Crippen LogP contribution < -0.4 is 5.32 Å². The van der Waals surface area contributed by atoms with Crippen LogP contribution in [0.4, 0.5) is 0 Å². The van der Waals surface area contributed by atoms with E-state index >= 15 is 0 Å². The molecular formula is C11H18N2S. The maximum atomic E-state index is 4.66. The van der Waals surface area contributed by atoms with E-state index in [1.165, 1.54) is 34.8 Å². The molecule has 0 atom stereocenters. The van der Waals surface area contributed by atoms with E-state index < -0.39 is 0 Å². The molecule has 0 spiro atoms. The van der Waals surface area contributed by atoms with Gasteiger partial charge in [-0.3, -0.25) is 0 Å². The van der Waals surface area contributed by atoms with E-state index in [4.69, 9.17) is 0 Å². The van der Waals surface area contributed by atoms with Gasteiger partial charge in [0.05, 0.1) is 10.7 Å². The van der Waals surface area contributed by atoms with E-state index in [1.807, 2.05) is 11.3 Å². The van der Waals surface area contributed by atoms with Gasteiger partial charge < -0.3 is 5.32 Å². The van der Waals surface area contributed by atoms with Gasteiger partial charge in [-0.1, -0.05) is 13.3 Å². The van der Waals surface area contributed by atoms with Crippen molar-refractivity contribution in [2.24, 2.45) is 0 Å². The van der Waals surface area contributed by atoms with E-state index in [0.717, 1.165) is 19.0 Å². The predicted molar refractivity (Wildman–Crippen MR) is 60.8 cm³/mol. The van der Waals surface area contributed by atoms with Crippen LogP contribution in [0.1, 0.15) is 47.7 Å². The summed E-state index contributed by atoms with van der Waals surface area (Å²) >= 11 is 1.91. The lowest BCUT2D eigenvalue weighted by atomic mass is 9.86. The lowest BCUT2D eigenvalue weighted by molar-refractivity contribution is 0.418. The number of hydrogen-bond donors (Lipinski definition) is 1. The van der Waals surface area contributed by atoms with E-state index in [2.05, 4.69) is 24.1 Å². The third kappa shape index (κ3) is 1.98. The Morgan fingerprint density at radius 2 is 2.29 bits per heavy atom. The van der Waals surface area contributed by atoms with Crippen molar-refractivity contribution in [1.29, 1.82) is 0 Å². The van der Waals surface area contributed by atoms with Crippen molar-refractivity contribution in [2.75, 3.05) is 6.54 Å². The van der Waals surface area contributed by atoms with Crippen molar-refractivity contribution in [3.05, 3.63) is 15.6 Å². The number of aromatic nitrogens is 1. The standard InChI is InChI=1S/C11H18N2S/c1-3-12-7-10-8(2)13-11(14-10)9-5-4-6-9/h9,12H,3-7H2,1-2H3. The molecule has 1 aliphatic rings. The molecule has 3 heteroatoms. The van der Waals surface area contributed by atoms with Crippen LogP contribution in [-0.4, -0.2) is 11.5 Å². The zero-order valence-electron chi connectivity index (χ0n) is 8.97. The second kappa shape index (κ2) is 4.41. The molecule has 2 rings (SSSR count). The normalized spacial score (nSPS) is 17.0. The number of nitrogens with zero attached hydrogens (tertiary/aromatic N) is 1. The molecule has 1 N–H and O–H groups in total. The first-order chi connectivity index (χ1) is 6.81. The minimum absolute atomic E-state index is 0.786. The van der Waals surface area contributed by atoms with Crippen LogP contribution >= 0.6 is 11.3 Å². The Morgan fingerprint density at radius 3 is 2.86 bits per heavy atom. The molecule has 1 saturated carbocycles. The molecule has 1 aromatic rings. The van der Waals surface area contributed by atoms with Gasteiger partial charge in [0, 0.05) is 17.3 Å². The summed E-state index contributed by atoms with van der Waals surface area (Å²) in [5.74, 6) is 0.786. The summed E-state index contributed by atoms with van der Waals surface area (Å²) in [5.41, 5.74) is 1.23. The van der Waals surface area contributed by atoms with E-state index in [0.29, 0.717) is 0 Å². The summed E-state index contributed by atoms with van der Waals surface area (Å²) < 4.78 is 0. The second-order valence-corrected chi connectivity index (χ2v) is 5.08. The van der Waals surface area contributed by atoms with E-state index in [-0.39, 0.29) is 0 Å². The second-order valence-electron chi connectivity index (χ2n) is 3.97. The molecule has 78 valence electrons. The Bertz CT molecular complexity index is 302. The fourth-order valence-corrected chi connectivity index (χ4v) is 2.89. The van der Waals surface area contributed by atoms with Crippen LogP contribution in [0, 0.1) is 6.92 Å². The first-order valence-corrected chi connectivity index (χ1v) is 6.29. The molecule has 0 unspecified atom stereocenters. The SMILES string of the molecule is CCNCc1sc(C2CCC2)nc1C. The molecule has 0 aliphatic heterocycles. The Balaban J connectivity index is 2.04. The van der Waals surface area contributed by atoms with Gasteiger partial charge in [0.25, 0.3) is 0 Å². The summed E-state index contributed by atoms with van der Waals surface area (Å²) in [4.78, 5) is 6.09. The highest BCUT2D eigenvalue weighted by atomic mass is 32.1. The van der Waals surface area contributed by atoms with E-state index in [9.17, 15) is 0 Å². The van der Waals surface area contributed by atoms with Crippen molar-refractivity contribution < 1.29 is 0 Å². The highest BCUT2D eigenvalue weighted by Crippen LogP contribution is 2.38. The first kappa shape index (κ1) is 10.1. The summed E-state index contributed by atoms with van der Waals surface area (Å²) in [6.07, 6.45) is 4.10. The monoisotopic (exact) mass is 210 g/mol. The highest BCUT2D eigenvalue weighted by molar-refractivity contribution is 7.11. The topological polar surface area (TPSA) is 24.9 Å². The van der Waals surface area contributed by atoms with Gasteiger partial charge in [-0.25, -0.2) is 4.98 Å². The summed E-state index contributed by atoms with van der Waals surface area (Å²) in [6.45, 7) is 6.30. The number of hydrogen-bond acceptors (Lipinski definition) is 3. The van der Waals surface area contributed by atoms with Gasteiger partial charge in [0.1, 0.15) is 0 Å². The van der Waals surface area contributed by atoms with Crippen molar-refractivity contribution >= 4 is 11.3 Å². The maximum absolute atomic E-state index is 4.66. The molecule has 0 aromatic carbocycles. The van der Waals surface area contributed by atoms with Crippen LogP contribution in [0.2, 0.25) is 0 Å². The van der Waals surface area contributed by atoms with Crippen molar-refractivity contribution in [1.82, 2.24) is 10.3 Å². The Kier molecular flexibility index (Phi) is 3.19. The average molecular weight is 210 g/mol. The molecule has 0 amide bonds. The molecule has 1 aromatic heterocycles. The van der Waals surface area contributed by atoms with Crippen LogP contribution in [-0.2, 0) is 6.54 Å². The van der Waals surface area contributed by atoms with Crippen molar-refractivity contribution in [3.63, 3.8) is 0 Å². The quantitative estimate of drug-likeness (QED) is 0.826. The van der Waals surface area contributed by atoms with E-state index in [1.54, 1.807) is 0 Å². The fourth-order valence-electron chi connectivity index (χ4n) is 1.68. The fraction of sp³-hybridized carbons (Fsp3) is 0.727. The molecule has 1 aliphatic carbocycles. The number of rotatable bonds is 4. The van der Waals surface area contributed by atoms with Crippen LogP contribution in [0.15, 0.2) is 0 Å². The summed E-state index contributed by atoms with van der Waals surface area (Å²) in [7, 11) is 0. The van der Waals surface area contributed by atoms with Crippen LogP contribution in [0.3, 0.4) is 0 Å². The molecular weight excluding hydrogens is 192 g/mol. The molecule has 0 bridgehead atoms. The van der Waals surface area contributed by atoms with Crippen LogP contribution in [0.25, 0.3) is 0 Å². The largest absolute Gasteiger partial charge is 0.312 e. The molecule has 14 heavy (non-hydrogen) atoms. The van der Waals surface area contributed by atoms with Crippen molar-refractivity contribution in [3.8, 4) is 0 Å². The highest BCUT2D eigenvalue weighted by Gasteiger charge is 2.23. The molecule has 1 fully saturated rings. The molecule has 1 heterocycles. The lowest BCUT2D eigenvalue weighted by Gasteiger charge is -2.22. The number of aryl methyl sites for hydroxylation is 1. The van der Waals surface area contributed by atoms with Gasteiger partial charge in [0.15, 0.2) is 0 Å². The summed E-state index contributed by atoms with van der Waals surface area (Å²) in [6, 6.07) is 0. The Hall–Kier alpha value is -0.410. The maximum Gasteiger partial charge on any atom is 0.0962 e. The van der Waals surface area contributed by atoms with Gasteiger partial charge >= 0.3 is 0 Å². The minimum Gasteiger partial charge on any atom is -0.312 e. The van der Waals surface area contributed by atoms with Gasteiger partial charge in [-0.15, -0.1) is 11.3 Å². The van der Waals surface area contributed by atoms with Gasteiger partial charge in [0.2, 0.25) is 0 Å². The van der Waals surface area contributed by atoms with Crippen molar-refractivity contribution in [2.45, 2.75) is 45.6 Å². The minimum atomic E-state index is 0.786. The zero-order chi connectivity index (χ0) is 9.97. The Morgan fingerprint density at radius 1 is 1.50 bits per heavy atom. The average Bonchev–Trinajstić information content (AvgIpc) is 2.40. The summed E-state index contributed by atoms with van der Waals surface area (Å²) in [5, 5.41) is 4.74.